The summed E-state index contributed by atoms with van der Waals surface area (Å²) in [6.45, 7) is 4.00. The fourth-order valence-electron chi connectivity index (χ4n) is 1.30. The van der Waals surface area contributed by atoms with E-state index >= 15 is 0 Å². The van der Waals surface area contributed by atoms with Crippen molar-refractivity contribution in [1.29, 1.82) is 0 Å². The highest BCUT2D eigenvalue weighted by Gasteiger charge is 2.10. The molecule has 0 bridgehead atoms. The molecule has 0 saturated heterocycles. The second-order valence-corrected chi connectivity index (χ2v) is 4.40. The highest BCUT2D eigenvalue weighted by molar-refractivity contribution is 7.27. The van der Waals surface area contributed by atoms with Gasteiger partial charge in [0.25, 0.3) is 5.91 Å². The van der Waals surface area contributed by atoms with Gasteiger partial charge in [0.15, 0.2) is 0 Å². The molecule has 0 aliphatic carbocycles. The summed E-state index contributed by atoms with van der Waals surface area (Å²) in [5.74, 6) is -1.53. The number of benzene rings is 2. The number of carbonyl (C=O) groups is 1. The van der Waals surface area contributed by atoms with Crippen molar-refractivity contribution in [2.75, 3.05) is 11.5 Å². The van der Waals surface area contributed by atoms with Gasteiger partial charge in [0, 0.05) is 11.4 Å². The van der Waals surface area contributed by atoms with Crippen molar-refractivity contribution in [3.63, 3.8) is 0 Å². The highest BCUT2D eigenvalue weighted by atomic mass is 31.0. The Morgan fingerprint density at radius 1 is 1.05 bits per heavy atom. The van der Waals surface area contributed by atoms with Crippen LogP contribution in [0.4, 0.5) is 15.8 Å². The van der Waals surface area contributed by atoms with Gasteiger partial charge in [-0.25, -0.2) is 4.39 Å². The molecule has 2 aromatic rings. The Hall–Kier alpha value is -2.13. The van der Waals surface area contributed by atoms with Gasteiger partial charge in [-0.05, 0) is 29.6 Å². The average molecular weight is 309 g/mol. The maximum absolute atomic E-state index is 12.7. The monoisotopic (exact) mass is 309 g/mol. The van der Waals surface area contributed by atoms with Crippen LogP contribution in [0.1, 0.15) is 24.2 Å². The molecular formula is C15H21FN3OP. The van der Waals surface area contributed by atoms with E-state index in [1.54, 1.807) is 0 Å². The molecule has 6 heteroatoms. The van der Waals surface area contributed by atoms with Gasteiger partial charge < -0.3 is 17.2 Å². The van der Waals surface area contributed by atoms with Gasteiger partial charge in [-0.1, -0.05) is 32.0 Å². The van der Waals surface area contributed by atoms with Gasteiger partial charge in [0.05, 0.1) is 5.56 Å². The van der Waals surface area contributed by atoms with Crippen molar-refractivity contribution < 1.29 is 9.18 Å². The summed E-state index contributed by atoms with van der Waals surface area (Å²) in [7, 11) is 2.60. The van der Waals surface area contributed by atoms with Crippen LogP contribution >= 0.6 is 9.24 Å². The van der Waals surface area contributed by atoms with Crippen LogP contribution in [-0.4, -0.2) is 5.91 Å². The van der Waals surface area contributed by atoms with E-state index in [2.05, 4.69) is 9.24 Å². The van der Waals surface area contributed by atoms with Crippen molar-refractivity contribution in [2.24, 2.45) is 5.73 Å². The van der Waals surface area contributed by atoms with Crippen molar-refractivity contribution in [2.45, 2.75) is 13.8 Å². The standard InChI is InChI=1S/C7H7FN2O.C6H8NP.C2H6/c8-4-2-1-3-5(9)6(4)7(10)11;7-5-1-3-6(8)4-2-5;1-2/h1-3H,9H2,(H2,10,11);1-4H,7-8H2;1-2H3. The van der Waals surface area contributed by atoms with Gasteiger partial charge in [-0.15, -0.1) is 9.24 Å². The minimum Gasteiger partial charge on any atom is -0.399 e. The van der Waals surface area contributed by atoms with E-state index in [-0.39, 0.29) is 11.3 Å². The molecule has 2 rings (SSSR count). The molecule has 6 N–H and O–H groups in total. The smallest absolute Gasteiger partial charge is 0.253 e. The van der Waals surface area contributed by atoms with Gasteiger partial charge in [0.1, 0.15) is 5.82 Å². The lowest BCUT2D eigenvalue weighted by Gasteiger charge is -2.00. The third-order valence-corrected chi connectivity index (χ3v) is 2.61. The maximum Gasteiger partial charge on any atom is 0.253 e. The lowest BCUT2D eigenvalue weighted by Crippen LogP contribution is -2.15. The Labute approximate surface area is 126 Å². The largest absolute Gasteiger partial charge is 0.399 e. The molecule has 1 atom stereocenters. The van der Waals surface area contributed by atoms with E-state index in [0.29, 0.717) is 0 Å². The normalized spacial score (nSPS) is 8.76. The molecule has 4 nitrogen and oxygen atoms in total. The van der Waals surface area contributed by atoms with E-state index in [0.717, 1.165) is 11.8 Å². The first kappa shape index (κ1) is 18.9. The molecule has 0 aliphatic rings. The van der Waals surface area contributed by atoms with Gasteiger partial charge in [-0.3, -0.25) is 4.79 Å². The van der Waals surface area contributed by atoms with Gasteiger partial charge in [-0.2, -0.15) is 0 Å². The summed E-state index contributed by atoms with van der Waals surface area (Å²) in [6, 6.07) is 11.6. The van der Waals surface area contributed by atoms with E-state index < -0.39 is 11.7 Å². The van der Waals surface area contributed by atoms with Crippen LogP contribution < -0.4 is 22.5 Å². The predicted molar refractivity (Wildman–Crippen MR) is 90.9 cm³/mol. The first-order valence-electron chi connectivity index (χ1n) is 6.36. The molecule has 21 heavy (non-hydrogen) atoms. The minimum absolute atomic E-state index is 0.0671. The molecular weight excluding hydrogens is 288 g/mol. The second-order valence-electron chi connectivity index (χ2n) is 3.73. The summed E-state index contributed by atoms with van der Waals surface area (Å²) >= 11 is 0. The molecule has 1 amide bonds. The quantitative estimate of drug-likeness (QED) is 0.557. The number of nitrogen functional groups attached to an aromatic ring is 2. The Morgan fingerprint density at radius 3 is 1.90 bits per heavy atom. The Bertz CT molecular complexity index is 532. The lowest BCUT2D eigenvalue weighted by molar-refractivity contribution is 0.0997. The van der Waals surface area contributed by atoms with Crippen molar-refractivity contribution in [3.8, 4) is 0 Å². The number of halogens is 1. The summed E-state index contributed by atoms with van der Waals surface area (Å²) in [5.41, 5.74) is 16.2. The van der Waals surface area contributed by atoms with Gasteiger partial charge in [0.2, 0.25) is 0 Å². The van der Waals surface area contributed by atoms with Crippen LogP contribution in [-0.2, 0) is 0 Å². The summed E-state index contributed by atoms with van der Waals surface area (Å²) < 4.78 is 12.7. The van der Waals surface area contributed by atoms with Crippen LogP contribution in [0.2, 0.25) is 0 Å². The summed E-state index contributed by atoms with van der Waals surface area (Å²) in [6.07, 6.45) is 0. The van der Waals surface area contributed by atoms with E-state index in [1.165, 1.54) is 17.4 Å². The number of hydrogen-bond donors (Lipinski definition) is 3. The van der Waals surface area contributed by atoms with Crippen LogP contribution in [0, 0.1) is 5.82 Å². The first-order valence-corrected chi connectivity index (χ1v) is 6.94. The average Bonchev–Trinajstić information content (AvgIpc) is 2.44. The molecule has 0 radical (unpaired) electrons. The molecule has 0 heterocycles. The zero-order valence-electron chi connectivity index (χ0n) is 12.1. The zero-order chi connectivity index (χ0) is 16.4. The Morgan fingerprint density at radius 2 is 1.57 bits per heavy atom. The molecule has 0 spiro atoms. The molecule has 114 valence electrons. The third-order valence-electron chi connectivity index (χ3n) is 2.23. The fourth-order valence-corrected chi connectivity index (χ4v) is 1.49. The predicted octanol–water partition coefficient (Wildman–Crippen LogP) is 2.30. The molecule has 0 saturated carbocycles. The van der Waals surface area contributed by atoms with Gasteiger partial charge >= 0.3 is 0 Å². The summed E-state index contributed by atoms with van der Waals surface area (Å²) in [4.78, 5) is 10.5. The second kappa shape index (κ2) is 9.72. The van der Waals surface area contributed by atoms with Crippen molar-refractivity contribution in [1.82, 2.24) is 0 Å². The number of hydrogen-bond acceptors (Lipinski definition) is 3. The van der Waals surface area contributed by atoms with Crippen LogP contribution in [0.15, 0.2) is 42.5 Å². The van der Waals surface area contributed by atoms with E-state index in [1.807, 2.05) is 38.1 Å². The first-order chi connectivity index (χ1) is 9.91. The number of anilines is 2. The molecule has 0 aliphatic heterocycles. The SMILES string of the molecule is CC.NC(=O)c1c(N)cccc1F.Nc1ccc(P)cc1. The summed E-state index contributed by atoms with van der Waals surface area (Å²) in [5, 5.41) is 1.17. The molecule has 2 aromatic carbocycles. The molecule has 1 unspecified atom stereocenters. The molecule has 0 aromatic heterocycles. The number of amides is 1. The Balaban J connectivity index is 0.000000354. The van der Waals surface area contributed by atoms with E-state index in [9.17, 15) is 9.18 Å². The maximum atomic E-state index is 12.7. The molecule has 0 fully saturated rings. The number of primary amides is 1. The lowest BCUT2D eigenvalue weighted by atomic mass is 10.1. The topological polar surface area (TPSA) is 95.1 Å². The third kappa shape index (κ3) is 6.72. The fraction of sp³-hybridized carbons (Fsp3) is 0.133. The van der Waals surface area contributed by atoms with Crippen LogP contribution in [0.3, 0.4) is 0 Å². The number of carbonyl (C=O) groups excluding carboxylic acids is 1. The zero-order valence-corrected chi connectivity index (χ0v) is 13.3. The highest BCUT2D eigenvalue weighted by Crippen LogP contribution is 2.13. The van der Waals surface area contributed by atoms with E-state index in [4.69, 9.17) is 17.2 Å². The van der Waals surface area contributed by atoms with Crippen molar-refractivity contribution in [3.05, 3.63) is 53.8 Å². The minimum atomic E-state index is -0.847. The van der Waals surface area contributed by atoms with Crippen LogP contribution in [0.25, 0.3) is 0 Å². The number of nitrogens with two attached hydrogens (primary N) is 3. The van der Waals surface area contributed by atoms with Crippen molar-refractivity contribution >= 4 is 31.8 Å². The van der Waals surface area contributed by atoms with Crippen LogP contribution in [0.5, 0.6) is 0 Å². The number of rotatable bonds is 1. The Kier molecular flexibility index (Phi) is 8.74.